The van der Waals surface area contributed by atoms with E-state index < -0.39 is 11.6 Å². The van der Waals surface area contributed by atoms with Crippen LogP contribution in [0.25, 0.3) is 0 Å². The molecule has 0 spiro atoms. The zero-order valence-corrected chi connectivity index (χ0v) is 14.2. The first-order valence-corrected chi connectivity index (χ1v) is 7.89. The van der Waals surface area contributed by atoms with Gasteiger partial charge in [0.25, 0.3) is 0 Å². The molecule has 0 amide bonds. The van der Waals surface area contributed by atoms with Gasteiger partial charge in [0.15, 0.2) is 11.6 Å². The minimum atomic E-state index is -0.931. The van der Waals surface area contributed by atoms with Crippen molar-refractivity contribution < 1.29 is 8.78 Å². The maximum Gasteiger partial charge on any atom is 0.229 e. The summed E-state index contributed by atoms with van der Waals surface area (Å²) in [6.07, 6.45) is 1.57. The smallest absolute Gasteiger partial charge is 0.229 e. The second-order valence-electron chi connectivity index (χ2n) is 5.11. The average Bonchev–Trinajstić information content (AvgIpc) is 2.55. The molecule has 4 nitrogen and oxygen atoms in total. The molecule has 2 aromatic carbocycles. The molecule has 1 aromatic heterocycles. The molecular weight excluding hydrogens is 378 g/mol. The molecular formula is C17H13BrF2N4. The van der Waals surface area contributed by atoms with Crippen molar-refractivity contribution in [2.45, 2.75) is 6.92 Å². The number of aryl methyl sites for hydroxylation is 1. The van der Waals surface area contributed by atoms with Crippen LogP contribution in [0.2, 0.25) is 0 Å². The Balaban J connectivity index is 1.78. The van der Waals surface area contributed by atoms with Crippen LogP contribution in [0.5, 0.6) is 0 Å². The lowest BCUT2D eigenvalue weighted by Gasteiger charge is -2.09. The Morgan fingerprint density at radius 2 is 1.67 bits per heavy atom. The van der Waals surface area contributed by atoms with Gasteiger partial charge < -0.3 is 10.6 Å². The van der Waals surface area contributed by atoms with Gasteiger partial charge in [-0.3, -0.25) is 0 Å². The number of nitrogens with one attached hydrogen (secondary N) is 2. The summed E-state index contributed by atoms with van der Waals surface area (Å²) in [5.74, 6) is -0.973. The molecule has 0 saturated heterocycles. The Kier molecular flexibility index (Phi) is 4.71. The van der Waals surface area contributed by atoms with Gasteiger partial charge in [0.1, 0.15) is 5.82 Å². The second kappa shape index (κ2) is 6.92. The third-order valence-corrected chi connectivity index (χ3v) is 4.15. The molecule has 1 heterocycles. The van der Waals surface area contributed by atoms with Crippen molar-refractivity contribution in [1.29, 1.82) is 0 Å². The summed E-state index contributed by atoms with van der Waals surface area (Å²) in [5, 5.41) is 6.01. The quantitative estimate of drug-likeness (QED) is 0.633. The predicted octanol–water partition coefficient (Wildman–Crippen LogP) is 5.31. The lowest BCUT2D eigenvalue weighted by atomic mass is 10.2. The summed E-state index contributed by atoms with van der Waals surface area (Å²) in [6, 6.07) is 11.1. The summed E-state index contributed by atoms with van der Waals surface area (Å²) in [4.78, 5) is 8.38. The van der Waals surface area contributed by atoms with Crippen molar-refractivity contribution in [2.75, 3.05) is 10.6 Å². The molecule has 7 heteroatoms. The van der Waals surface area contributed by atoms with E-state index in [0.29, 0.717) is 11.5 Å². The molecule has 0 aliphatic rings. The largest absolute Gasteiger partial charge is 0.340 e. The predicted molar refractivity (Wildman–Crippen MR) is 93.8 cm³/mol. The van der Waals surface area contributed by atoms with Crippen molar-refractivity contribution in [2.24, 2.45) is 0 Å². The van der Waals surface area contributed by atoms with Gasteiger partial charge in [-0.25, -0.2) is 13.8 Å². The fourth-order valence-corrected chi connectivity index (χ4v) is 2.31. The van der Waals surface area contributed by atoms with Crippen LogP contribution in [0, 0.1) is 18.6 Å². The van der Waals surface area contributed by atoms with Gasteiger partial charge in [-0.1, -0.05) is 15.9 Å². The van der Waals surface area contributed by atoms with Gasteiger partial charge in [-0.05, 0) is 48.9 Å². The maximum absolute atomic E-state index is 13.2. The van der Waals surface area contributed by atoms with Crippen LogP contribution < -0.4 is 10.6 Å². The van der Waals surface area contributed by atoms with E-state index in [0.717, 1.165) is 27.9 Å². The molecule has 122 valence electrons. The number of rotatable bonds is 4. The number of hydrogen-bond acceptors (Lipinski definition) is 4. The number of anilines is 4. The molecule has 24 heavy (non-hydrogen) atoms. The SMILES string of the molecule is Cc1cc(Nc2ccnc(Nc3ccc(F)c(F)c3)n2)ccc1Br. The monoisotopic (exact) mass is 390 g/mol. The van der Waals surface area contributed by atoms with Crippen molar-refractivity contribution in [3.8, 4) is 0 Å². The molecule has 0 unspecified atom stereocenters. The average molecular weight is 391 g/mol. The number of nitrogens with zero attached hydrogens (tertiary/aromatic N) is 2. The summed E-state index contributed by atoms with van der Waals surface area (Å²) >= 11 is 3.45. The van der Waals surface area contributed by atoms with Crippen LogP contribution in [-0.2, 0) is 0 Å². The minimum absolute atomic E-state index is 0.278. The van der Waals surface area contributed by atoms with Gasteiger partial charge >= 0.3 is 0 Å². The van der Waals surface area contributed by atoms with Crippen LogP contribution in [0.3, 0.4) is 0 Å². The number of aromatic nitrogens is 2. The van der Waals surface area contributed by atoms with E-state index in [9.17, 15) is 8.78 Å². The fourth-order valence-electron chi connectivity index (χ4n) is 2.06. The molecule has 0 aliphatic heterocycles. The van der Waals surface area contributed by atoms with E-state index in [-0.39, 0.29) is 5.95 Å². The maximum atomic E-state index is 13.2. The van der Waals surface area contributed by atoms with Crippen molar-refractivity contribution in [3.63, 3.8) is 0 Å². The highest BCUT2D eigenvalue weighted by Gasteiger charge is 2.05. The zero-order valence-electron chi connectivity index (χ0n) is 12.6. The highest BCUT2D eigenvalue weighted by Crippen LogP contribution is 2.23. The van der Waals surface area contributed by atoms with E-state index in [2.05, 4.69) is 36.5 Å². The number of hydrogen-bond donors (Lipinski definition) is 2. The summed E-state index contributed by atoms with van der Waals surface area (Å²) in [6.45, 7) is 1.99. The third kappa shape index (κ3) is 3.86. The van der Waals surface area contributed by atoms with Gasteiger partial charge in [0, 0.05) is 28.1 Å². The highest BCUT2D eigenvalue weighted by atomic mass is 79.9. The molecule has 0 radical (unpaired) electrons. The van der Waals surface area contributed by atoms with Crippen molar-refractivity contribution in [3.05, 3.63) is 70.3 Å². The van der Waals surface area contributed by atoms with Crippen molar-refractivity contribution >= 4 is 39.1 Å². The van der Waals surface area contributed by atoms with Crippen molar-refractivity contribution in [1.82, 2.24) is 9.97 Å². The zero-order chi connectivity index (χ0) is 17.1. The van der Waals surface area contributed by atoms with Gasteiger partial charge in [-0.2, -0.15) is 4.98 Å². The molecule has 0 bridgehead atoms. The van der Waals surface area contributed by atoms with E-state index in [4.69, 9.17) is 0 Å². The van der Waals surface area contributed by atoms with Crippen LogP contribution in [-0.4, -0.2) is 9.97 Å². The number of benzene rings is 2. The minimum Gasteiger partial charge on any atom is -0.340 e. The fraction of sp³-hybridized carbons (Fsp3) is 0.0588. The lowest BCUT2D eigenvalue weighted by molar-refractivity contribution is 0.509. The first-order chi connectivity index (χ1) is 11.5. The Morgan fingerprint density at radius 3 is 2.42 bits per heavy atom. The third-order valence-electron chi connectivity index (χ3n) is 3.26. The van der Waals surface area contributed by atoms with Crippen LogP contribution >= 0.6 is 15.9 Å². The van der Waals surface area contributed by atoms with Gasteiger partial charge in [0.05, 0.1) is 0 Å². The molecule has 0 saturated carbocycles. The Morgan fingerprint density at radius 1 is 0.917 bits per heavy atom. The summed E-state index contributed by atoms with van der Waals surface area (Å²) < 4.78 is 27.2. The standard InChI is InChI=1S/C17H13BrF2N4/c1-10-8-11(2-4-13(10)18)22-16-6-7-21-17(24-16)23-12-3-5-14(19)15(20)9-12/h2-9H,1H3,(H2,21,22,23,24). The summed E-state index contributed by atoms with van der Waals surface area (Å²) in [5.41, 5.74) is 2.34. The highest BCUT2D eigenvalue weighted by molar-refractivity contribution is 9.10. The lowest BCUT2D eigenvalue weighted by Crippen LogP contribution is -2.01. The van der Waals surface area contributed by atoms with E-state index >= 15 is 0 Å². The van der Waals surface area contributed by atoms with Crippen LogP contribution in [0.15, 0.2) is 53.1 Å². The molecule has 3 rings (SSSR count). The first-order valence-electron chi connectivity index (χ1n) is 7.09. The molecule has 3 aromatic rings. The van der Waals surface area contributed by atoms with Gasteiger partial charge in [0.2, 0.25) is 5.95 Å². The Bertz CT molecular complexity index is 817. The van der Waals surface area contributed by atoms with Crippen LogP contribution in [0.4, 0.5) is 31.9 Å². The van der Waals surface area contributed by atoms with Gasteiger partial charge in [-0.15, -0.1) is 0 Å². The number of halogens is 3. The van der Waals surface area contributed by atoms with E-state index in [1.54, 1.807) is 12.3 Å². The molecule has 0 atom stereocenters. The molecule has 0 aliphatic carbocycles. The first kappa shape index (κ1) is 16.3. The topological polar surface area (TPSA) is 49.8 Å². The molecule has 0 fully saturated rings. The molecule has 2 N–H and O–H groups in total. The second-order valence-corrected chi connectivity index (χ2v) is 5.96. The Hall–Kier alpha value is -2.54. The van der Waals surface area contributed by atoms with Crippen LogP contribution in [0.1, 0.15) is 5.56 Å². The Labute approximate surface area is 146 Å². The van der Waals surface area contributed by atoms with E-state index in [1.807, 2.05) is 25.1 Å². The van der Waals surface area contributed by atoms with E-state index in [1.165, 1.54) is 6.07 Å². The normalized spacial score (nSPS) is 10.5. The summed E-state index contributed by atoms with van der Waals surface area (Å²) in [7, 11) is 0.